The second-order valence-corrected chi connectivity index (χ2v) is 4.63. The summed E-state index contributed by atoms with van der Waals surface area (Å²) in [6.07, 6.45) is 3.46. The number of hydrogen-bond acceptors (Lipinski definition) is 5. The van der Waals surface area contributed by atoms with Crippen molar-refractivity contribution in [3.63, 3.8) is 0 Å². The number of rotatable bonds is 4. The highest BCUT2D eigenvalue weighted by Gasteiger charge is 2.06. The predicted molar refractivity (Wildman–Crippen MR) is 79.8 cm³/mol. The molecule has 100 valence electrons. The van der Waals surface area contributed by atoms with Crippen LogP contribution in [0, 0.1) is 16.7 Å². The topological polar surface area (TPSA) is 116 Å². The average molecular weight is 332 g/mol. The Bertz CT molecular complexity index is 711. The van der Waals surface area contributed by atoms with Gasteiger partial charge in [0.1, 0.15) is 6.07 Å². The lowest BCUT2D eigenvalue weighted by Gasteiger charge is -2.08. The van der Waals surface area contributed by atoms with E-state index < -0.39 is 0 Å². The minimum absolute atomic E-state index is 0.179. The third-order valence-electron chi connectivity index (χ3n) is 2.35. The molecule has 0 amide bonds. The van der Waals surface area contributed by atoms with Gasteiger partial charge < -0.3 is 5.73 Å². The van der Waals surface area contributed by atoms with Crippen molar-refractivity contribution in [2.45, 2.75) is 0 Å². The first-order valence-corrected chi connectivity index (χ1v) is 6.29. The van der Waals surface area contributed by atoms with E-state index in [1.165, 1.54) is 0 Å². The first-order chi connectivity index (χ1) is 9.61. The zero-order chi connectivity index (χ0) is 14.5. The van der Waals surface area contributed by atoms with E-state index in [2.05, 4.69) is 31.6 Å². The van der Waals surface area contributed by atoms with Crippen molar-refractivity contribution in [2.75, 3.05) is 5.43 Å². The molecule has 1 aromatic heterocycles. The van der Waals surface area contributed by atoms with Crippen molar-refractivity contribution in [3.8, 4) is 11.8 Å². The van der Waals surface area contributed by atoms with Crippen molar-refractivity contribution < 1.29 is 0 Å². The largest absolute Gasteiger partial charge is 0.382 e. The summed E-state index contributed by atoms with van der Waals surface area (Å²) < 4.78 is 2.50. The number of nitrogens with one attached hydrogen (secondary N) is 2. The fraction of sp³-hybridized carbons (Fsp3) is 0. The van der Waals surface area contributed by atoms with Crippen LogP contribution in [0.15, 0.2) is 46.2 Å². The first kappa shape index (κ1) is 13.8. The molecular formula is C12H10BrN7. The lowest BCUT2D eigenvalue weighted by molar-refractivity contribution is 0.880. The molecule has 2 aromatic rings. The summed E-state index contributed by atoms with van der Waals surface area (Å²) in [6, 6.07) is 9.05. The Labute approximate surface area is 123 Å². The van der Waals surface area contributed by atoms with E-state index in [0.717, 1.165) is 10.2 Å². The van der Waals surface area contributed by atoms with Crippen LogP contribution >= 0.6 is 15.9 Å². The minimum Gasteiger partial charge on any atom is -0.382 e. The number of halogens is 1. The van der Waals surface area contributed by atoms with Crippen LogP contribution in [0.25, 0.3) is 5.69 Å². The van der Waals surface area contributed by atoms with Gasteiger partial charge in [0.2, 0.25) is 5.71 Å². The molecule has 0 atom stereocenters. The number of aromatic nitrogens is 2. The number of nitrogens with zero attached hydrogens (tertiary/aromatic N) is 4. The number of para-hydroxylation sites is 2. The van der Waals surface area contributed by atoms with Crippen LogP contribution in [-0.2, 0) is 0 Å². The molecule has 0 fully saturated rings. The third-order valence-corrected chi connectivity index (χ3v) is 2.76. The molecule has 4 N–H and O–H groups in total. The molecule has 0 spiro atoms. The molecule has 0 saturated heterocycles. The van der Waals surface area contributed by atoms with E-state index in [-0.39, 0.29) is 11.5 Å². The molecule has 2 rings (SSSR count). The number of amidine groups is 1. The summed E-state index contributed by atoms with van der Waals surface area (Å²) >= 11 is 3.33. The summed E-state index contributed by atoms with van der Waals surface area (Å²) in [5, 5.41) is 24.0. The maximum atomic E-state index is 8.80. The summed E-state index contributed by atoms with van der Waals surface area (Å²) in [5.41, 5.74) is 9.16. The number of nitrogens with two attached hydrogens (primary N) is 1. The Morgan fingerprint density at radius 3 is 2.85 bits per heavy atom. The van der Waals surface area contributed by atoms with E-state index >= 15 is 0 Å². The van der Waals surface area contributed by atoms with Crippen LogP contribution in [0.5, 0.6) is 0 Å². The van der Waals surface area contributed by atoms with E-state index in [9.17, 15) is 0 Å². The molecule has 0 bridgehead atoms. The zero-order valence-electron chi connectivity index (χ0n) is 10.2. The van der Waals surface area contributed by atoms with E-state index in [4.69, 9.17) is 16.4 Å². The van der Waals surface area contributed by atoms with E-state index in [0.29, 0.717) is 5.69 Å². The van der Waals surface area contributed by atoms with Crippen LogP contribution in [0.3, 0.4) is 0 Å². The SMILES string of the molecule is N#C/C(=N\Nc1ccccc1-n1cc(Br)cn1)C(=N)N. The Kier molecular flexibility index (Phi) is 4.12. The van der Waals surface area contributed by atoms with E-state index in [1.807, 2.05) is 18.2 Å². The standard InChI is InChI=1S/C12H10BrN7/c13-8-6-17-20(7-8)11-4-2-1-3-9(11)18-19-10(5-14)12(15)16/h1-4,6-7,18H,(H3,15,16)/b19-10+. The van der Waals surface area contributed by atoms with Gasteiger partial charge in [-0.05, 0) is 28.1 Å². The molecule has 0 aliphatic rings. The highest BCUT2D eigenvalue weighted by atomic mass is 79.9. The molecular weight excluding hydrogens is 322 g/mol. The summed E-state index contributed by atoms with van der Waals surface area (Å²) in [7, 11) is 0. The highest BCUT2D eigenvalue weighted by molar-refractivity contribution is 9.10. The highest BCUT2D eigenvalue weighted by Crippen LogP contribution is 2.20. The zero-order valence-corrected chi connectivity index (χ0v) is 11.8. The Balaban J connectivity index is 2.35. The van der Waals surface area contributed by atoms with Gasteiger partial charge in [-0.15, -0.1) is 0 Å². The van der Waals surface area contributed by atoms with E-state index in [1.54, 1.807) is 29.2 Å². The van der Waals surface area contributed by atoms with Crippen LogP contribution in [0.2, 0.25) is 0 Å². The number of benzene rings is 1. The first-order valence-electron chi connectivity index (χ1n) is 5.49. The predicted octanol–water partition coefficient (Wildman–Crippen LogP) is 1.86. The smallest absolute Gasteiger partial charge is 0.201 e. The Hall–Kier alpha value is -2.66. The van der Waals surface area contributed by atoms with Crippen LogP contribution < -0.4 is 11.2 Å². The summed E-state index contributed by atoms with van der Waals surface area (Å²) in [5.74, 6) is -0.390. The molecule has 0 unspecified atom stereocenters. The molecule has 8 heteroatoms. The average Bonchev–Trinajstić information content (AvgIpc) is 2.86. The van der Waals surface area contributed by atoms with Crippen molar-refractivity contribution in [1.29, 1.82) is 10.7 Å². The van der Waals surface area contributed by atoms with Crippen molar-refractivity contribution in [1.82, 2.24) is 9.78 Å². The molecule has 0 aliphatic heterocycles. The number of hydrogen-bond donors (Lipinski definition) is 3. The van der Waals surface area contributed by atoms with Crippen LogP contribution in [0.1, 0.15) is 0 Å². The van der Waals surface area contributed by atoms with Gasteiger partial charge in [-0.25, -0.2) is 4.68 Å². The molecule has 0 saturated carbocycles. The van der Waals surface area contributed by atoms with Crippen molar-refractivity contribution in [3.05, 3.63) is 41.1 Å². The number of anilines is 1. The molecule has 1 heterocycles. The molecule has 0 aliphatic carbocycles. The minimum atomic E-state index is -0.390. The van der Waals surface area contributed by atoms with Gasteiger partial charge in [0, 0.05) is 6.20 Å². The lowest BCUT2D eigenvalue weighted by atomic mass is 10.3. The van der Waals surface area contributed by atoms with Gasteiger partial charge >= 0.3 is 0 Å². The summed E-state index contributed by atoms with van der Waals surface area (Å²) in [4.78, 5) is 0. The Morgan fingerprint density at radius 1 is 1.50 bits per heavy atom. The molecule has 7 nitrogen and oxygen atoms in total. The van der Waals surface area contributed by atoms with Gasteiger partial charge in [0.25, 0.3) is 0 Å². The maximum Gasteiger partial charge on any atom is 0.201 e. The van der Waals surface area contributed by atoms with Crippen molar-refractivity contribution in [2.24, 2.45) is 10.8 Å². The van der Waals surface area contributed by atoms with Gasteiger partial charge in [-0.1, -0.05) is 12.1 Å². The van der Waals surface area contributed by atoms with Gasteiger partial charge in [0.15, 0.2) is 5.84 Å². The normalized spacial score (nSPS) is 10.9. The molecule has 1 aromatic carbocycles. The number of nitriles is 1. The van der Waals surface area contributed by atoms with Gasteiger partial charge in [0.05, 0.1) is 22.0 Å². The Morgan fingerprint density at radius 2 is 2.25 bits per heavy atom. The number of hydrazone groups is 1. The fourth-order valence-electron chi connectivity index (χ4n) is 1.46. The molecule has 0 radical (unpaired) electrons. The second-order valence-electron chi connectivity index (χ2n) is 3.72. The van der Waals surface area contributed by atoms with Crippen LogP contribution in [-0.4, -0.2) is 21.3 Å². The van der Waals surface area contributed by atoms with Crippen LogP contribution in [0.4, 0.5) is 5.69 Å². The fourth-order valence-corrected chi connectivity index (χ4v) is 1.75. The molecule has 20 heavy (non-hydrogen) atoms. The second kappa shape index (κ2) is 5.99. The third kappa shape index (κ3) is 3.02. The summed E-state index contributed by atoms with van der Waals surface area (Å²) in [6.45, 7) is 0. The quantitative estimate of drug-likeness (QED) is 0.450. The maximum absolute atomic E-state index is 8.80. The monoisotopic (exact) mass is 331 g/mol. The lowest BCUT2D eigenvalue weighted by Crippen LogP contribution is -2.22. The van der Waals surface area contributed by atoms with Crippen molar-refractivity contribution >= 4 is 33.2 Å². The van der Waals surface area contributed by atoms with Gasteiger partial charge in [-0.2, -0.15) is 15.5 Å². The van der Waals surface area contributed by atoms with Gasteiger partial charge in [-0.3, -0.25) is 10.8 Å².